The van der Waals surface area contributed by atoms with Gasteiger partial charge in [-0.3, -0.25) is 19.6 Å². The van der Waals surface area contributed by atoms with E-state index in [1.807, 2.05) is 36.4 Å². The smallest absolute Gasteiger partial charge is 0.412 e. The molecule has 0 saturated carbocycles. The predicted octanol–water partition coefficient (Wildman–Crippen LogP) is 3.86. The molecule has 0 spiro atoms. The minimum Gasteiger partial charge on any atom is -0.481 e. The van der Waals surface area contributed by atoms with Crippen molar-refractivity contribution in [3.8, 4) is 11.1 Å². The summed E-state index contributed by atoms with van der Waals surface area (Å²) in [5, 5.41) is 16.0. The van der Waals surface area contributed by atoms with Crippen molar-refractivity contribution in [2.45, 2.75) is 31.2 Å². The van der Waals surface area contributed by atoms with Crippen molar-refractivity contribution in [3.63, 3.8) is 0 Å². The number of carbonyl (C=O) groups excluding carboxylic acids is 2. The number of benzene rings is 2. The van der Waals surface area contributed by atoms with E-state index in [2.05, 4.69) is 22.5 Å². The molecule has 1 saturated heterocycles. The lowest BCUT2D eigenvalue weighted by atomic mass is 9.98. The van der Waals surface area contributed by atoms with Crippen LogP contribution < -0.4 is 5.32 Å². The minimum atomic E-state index is -0.933. The average Bonchev–Trinajstić information content (AvgIpc) is 3.53. The number of aromatic nitrogens is 2. The first-order valence-electron chi connectivity index (χ1n) is 11.6. The summed E-state index contributed by atoms with van der Waals surface area (Å²) in [7, 11) is 1.61. The van der Waals surface area contributed by atoms with Gasteiger partial charge in [-0.15, -0.1) is 0 Å². The zero-order chi connectivity index (χ0) is 24.5. The third kappa shape index (κ3) is 4.37. The van der Waals surface area contributed by atoms with Crippen LogP contribution in [-0.2, 0) is 16.6 Å². The quantitative estimate of drug-likeness (QED) is 0.561. The minimum absolute atomic E-state index is 0.0599. The summed E-state index contributed by atoms with van der Waals surface area (Å²) in [5.41, 5.74) is 4.81. The normalized spacial score (nSPS) is 16.6. The molecular formula is C26H26N4O5. The van der Waals surface area contributed by atoms with E-state index >= 15 is 0 Å². The van der Waals surface area contributed by atoms with Crippen LogP contribution in [0.2, 0.25) is 0 Å². The van der Waals surface area contributed by atoms with Gasteiger partial charge in [-0.1, -0.05) is 48.5 Å². The lowest BCUT2D eigenvalue weighted by Crippen LogP contribution is -2.37. The van der Waals surface area contributed by atoms with E-state index in [1.165, 1.54) is 10.7 Å². The summed E-state index contributed by atoms with van der Waals surface area (Å²) in [6, 6.07) is 17.3. The van der Waals surface area contributed by atoms with Crippen molar-refractivity contribution < 1.29 is 24.2 Å². The van der Waals surface area contributed by atoms with E-state index < -0.39 is 12.1 Å². The van der Waals surface area contributed by atoms with Crippen molar-refractivity contribution >= 4 is 23.8 Å². The highest BCUT2D eigenvalue weighted by Crippen LogP contribution is 2.44. The molecule has 1 aliphatic heterocycles. The van der Waals surface area contributed by atoms with E-state index in [0.29, 0.717) is 13.0 Å². The highest BCUT2D eigenvalue weighted by molar-refractivity contribution is 5.95. The number of amides is 2. The Morgan fingerprint density at radius 1 is 1.09 bits per heavy atom. The Morgan fingerprint density at radius 3 is 2.40 bits per heavy atom. The van der Waals surface area contributed by atoms with Crippen LogP contribution >= 0.6 is 0 Å². The fraction of sp³-hybridized carbons (Fsp3) is 0.308. The number of carboxylic acids is 1. The van der Waals surface area contributed by atoms with E-state index in [-0.39, 0.29) is 42.4 Å². The van der Waals surface area contributed by atoms with Crippen molar-refractivity contribution in [3.05, 3.63) is 71.4 Å². The molecule has 35 heavy (non-hydrogen) atoms. The summed E-state index contributed by atoms with van der Waals surface area (Å²) in [6.07, 6.45) is 0.663. The number of rotatable bonds is 6. The third-order valence-corrected chi connectivity index (χ3v) is 6.72. The Morgan fingerprint density at radius 2 is 1.74 bits per heavy atom. The molecule has 2 heterocycles. The first-order chi connectivity index (χ1) is 16.9. The summed E-state index contributed by atoms with van der Waals surface area (Å²) >= 11 is 0. The molecule has 9 heteroatoms. The number of fused-ring (bicyclic) bond motifs is 3. The molecule has 2 N–H and O–H groups in total. The number of hydrogen-bond donors (Lipinski definition) is 2. The molecule has 1 fully saturated rings. The fourth-order valence-corrected chi connectivity index (χ4v) is 5.13. The number of carbonyl (C=O) groups is 3. The van der Waals surface area contributed by atoms with Crippen molar-refractivity contribution in [1.82, 2.24) is 14.7 Å². The third-order valence-electron chi connectivity index (χ3n) is 6.72. The van der Waals surface area contributed by atoms with Gasteiger partial charge in [-0.25, -0.2) is 4.79 Å². The van der Waals surface area contributed by atoms with Gasteiger partial charge in [-0.2, -0.15) is 5.10 Å². The van der Waals surface area contributed by atoms with E-state index in [1.54, 1.807) is 11.9 Å². The SMILES string of the molecule is Cn1nc(NC(=O)OCC2c3ccccc3-c3ccccc32)cc1C(=O)N1CCCC1CC(=O)O. The van der Waals surface area contributed by atoms with Gasteiger partial charge >= 0.3 is 12.1 Å². The molecule has 3 aromatic rings. The zero-order valence-corrected chi connectivity index (χ0v) is 19.3. The number of ether oxygens (including phenoxy) is 1. The molecular weight excluding hydrogens is 448 g/mol. The molecule has 5 rings (SSSR count). The second-order valence-corrected chi connectivity index (χ2v) is 8.88. The van der Waals surface area contributed by atoms with Gasteiger partial charge in [0.25, 0.3) is 5.91 Å². The lowest BCUT2D eigenvalue weighted by Gasteiger charge is -2.23. The van der Waals surface area contributed by atoms with Gasteiger partial charge in [0, 0.05) is 31.6 Å². The van der Waals surface area contributed by atoms with Gasteiger partial charge in [0.15, 0.2) is 5.82 Å². The monoisotopic (exact) mass is 474 g/mol. The number of aryl methyl sites for hydroxylation is 1. The van der Waals surface area contributed by atoms with Crippen molar-refractivity contribution in [1.29, 1.82) is 0 Å². The maximum Gasteiger partial charge on any atom is 0.412 e. The van der Waals surface area contributed by atoms with E-state index in [9.17, 15) is 14.4 Å². The van der Waals surface area contributed by atoms with Crippen LogP contribution in [0.15, 0.2) is 54.6 Å². The molecule has 9 nitrogen and oxygen atoms in total. The Hall–Kier alpha value is -4.14. The maximum atomic E-state index is 13.0. The van der Waals surface area contributed by atoms with Crippen LogP contribution in [0.25, 0.3) is 11.1 Å². The van der Waals surface area contributed by atoms with Gasteiger partial charge in [0.1, 0.15) is 12.3 Å². The van der Waals surface area contributed by atoms with E-state index in [4.69, 9.17) is 9.84 Å². The van der Waals surface area contributed by atoms with E-state index in [0.717, 1.165) is 28.7 Å². The number of aliphatic carboxylic acids is 1. The average molecular weight is 475 g/mol. The maximum absolute atomic E-state index is 13.0. The number of nitrogens with one attached hydrogen (secondary N) is 1. The summed E-state index contributed by atoms with van der Waals surface area (Å²) in [4.78, 5) is 38.3. The van der Waals surface area contributed by atoms with Gasteiger partial charge in [-0.05, 0) is 35.1 Å². The Balaban J connectivity index is 1.24. The molecule has 1 unspecified atom stereocenters. The topological polar surface area (TPSA) is 114 Å². The molecule has 0 radical (unpaired) electrons. The Bertz CT molecular complexity index is 1250. The second kappa shape index (κ2) is 9.25. The number of carboxylic acid groups (broad SMARTS) is 1. The summed E-state index contributed by atoms with van der Waals surface area (Å²) in [6.45, 7) is 0.667. The van der Waals surface area contributed by atoms with Crippen molar-refractivity contribution in [2.75, 3.05) is 18.5 Å². The molecule has 0 bridgehead atoms. The van der Waals surface area contributed by atoms with Gasteiger partial charge in [0.2, 0.25) is 0 Å². The van der Waals surface area contributed by atoms with Crippen LogP contribution in [0, 0.1) is 0 Å². The lowest BCUT2D eigenvalue weighted by molar-refractivity contribution is -0.137. The largest absolute Gasteiger partial charge is 0.481 e. The number of nitrogens with zero attached hydrogens (tertiary/aromatic N) is 3. The second-order valence-electron chi connectivity index (χ2n) is 8.88. The first-order valence-corrected chi connectivity index (χ1v) is 11.6. The highest BCUT2D eigenvalue weighted by atomic mass is 16.5. The predicted molar refractivity (Wildman–Crippen MR) is 128 cm³/mol. The first kappa shape index (κ1) is 22.6. The summed E-state index contributed by atoms with van der Waals surface area (Å²) < 4.78 is 6.94. The molecule has 2 aliphatic rings. The number of hydrogen-bond acceptors (Lipinski definition) is 5. The Labute approximate surface area is 202 Å². The molecule has 1 aromatic heterocycles. The molecule has 2 amide bonds. The van der Waals surface area contributed by atoms with Crippen molar-refractivity contribution in [2.24, 2.45) is 7.05 Å². The van der Waals surface area contributed by atoms with Gasteiger partial charge < -0.3 is 14.7 Å². The van der Waals surface area contributed by atoms with Crippen LogP contribution in [0.4, 0.5) is 10.6 Å². The Kier molecular flexibility index (Phi) is 5.98. The molecule has 1 aliphatic carbocycles. The fourth-order valence-electron chi connectivity index (χ4n) is 5.13. The number of likely N-dealkylation sites (tertiary alicyclic amines) is 1. The molecule has 2 aromatic carbocycles. The molecule has 1 atom stereocenters. The highest BCUT2D eigenvalue weighted by Gasteiger charge is 2.33. The van der Waals surface area contributed by atoms with Gasteiger partial charge in [0.05, 0.1) is 6.42 Å². The zero-order valence-electron chi connectivity index (χ0n) is 19.3. The van der Waals surface area contributed by atoms with Crippen LogP contribution in [0.5, 0.6) is 0 Å². The molecule has 180 valence electrons. The summed E-state index contributed by atoms with van der Waals surface area (Å²) in [5.74, 6) is -1.10. The van der Waals surface area contributed by atoms with Crippen LogP contribution in [0.1, 0.15) is 46.8 Å². The van der Waals surface area contributed by atoms with Crippen LogP contribution in [-0.4, -0.2) is 57.0 Å². The number of anilines is 1. The standard InChI is InChI=1S/C26H26N4O5/c1-29-22(25(33)30-12-6-7-16(30)13-24(31)32)14-23(28-29)27-26(34)35-15-21-19-10-4-2-8-17(19)18-9-3-5-11-20(18)21/h2-5,8-11,14,16,21H,6-7,12-13,15H2,1H3,(H,31,32)(H,27,28,34). The van der Waals surface area contributed by atoms with Crippen LogP contribution in [0.3, 0.4) is 0 Å².